The maximum absolute atomic E-state index is 12.5. The zero-order chi connectivity index (χ0) is 16.8. The third kappa shape index (κ3) is 4.60. The van der Waals surface area contributed by atoms with E-state index in [9.17, 15) is 9.59 Å². The average Bonchev–Trinajstić information content (AvgIpc) is 2.55. The summed E-state index contributed by atoms with van der Waals surface area (Å²) in [6, 6.07) is 4.82. The van der Waals surface area contributed by atoms with Gasteiger partial charge in [-0.3, -0.25) is 9.59 Å². The molecule has 1 aliphatic carbocycles. The second-order valence-corrected chi connectivity index (χ2v) is 6.03. The monoisotopic (exact) mass is 353 g/mol. The molecule has 0 fully saturated rings. The van der Waals surface area contributed by atoms with Gasteiger partial charge in [0.1, 0.15) is 6.61 Å². The number of carbonyl (C=O) groups is 2. The molecule has 6 heteroatoms. The van der Waals surface area contributed by atoms with Gasteiger partial charge < -0.3 is 10.1 Å². The van der Waals surface area contributed by atoms with Crippen LogP contribution >= 0.6 is 23.2 Å². The molecular weight excluding hydrogens is 337 g/mol. The van der Waals surface area contributed by atoms with Gasteiger partial charge in [0.05, 0.1) is 22.5 Å². The van der Waals surface area contributed by atoms with Crippen molar-refractivity contribution in [1.82, 2.24) is 0 Å². The third-order valence-corrected chi connectivity index (χ3v) is 4.15. The quantitative estimate of drug-likeness (QED) is 0.636. The van der Waals surface area contributed by atoms with Gasteiger partial charge in [-0.15, -0.1) is 0 Å². The van der Waals surface area contributed by atoms with Crippen LogP contribution in [0.5, 0.6) is 0 Å². The van der Waals surface area contributed by atoms with Crippen LogP contribution in [-0.2, 0) is 14.3 Å². The molecule has 0 aromatic heterocycles. The normalized spacial score (nSPS) is 19.9. The van der Waals surface area contributed by atoms with E-state index >= 15 is 0 Å². The topological polar surface area (TPSA) is 55.4 Å². The molecule has 0 bridgehead atoms. The van der Waals surface area contributed by atoms with Gasteiger partial charge in [-0.2, -0.15) is 0 Å². The Balaban J connectivity index is 2.10. The molecule has 0 saturated heterocycles. The van der Waals surface area contributed by atoms with Crippen molar-refractivity contribution in [2.45, 2.75) is 12.8 Å². The smallest absolute Gasteiger partial charge is 0.310 e. The molecule has 23 heavy (non-hydrogen) atoms. The summed E-state index contributed by atoms with van der Waals surface area (Å²) in [5.74, 6) is -1.66. The Bertz CT molecular complexity index is 643. The fourth-order valence-corrected chi connectivity index (χ4v) is 2.88. The highest BCUT2D eigenvalue weighted by atomic mass is 35.5. The minimum absolute atomic E-state index is 0.135. The van der Waals surface area contributed by atoms with Crippen LogP contribution in [0.3, 0.4) is 0 Å². The lowest BCUT2D eigenvalue weighted by Gasteiger charge is -2.26. The van der Waals surface area contributed by atoms with Crippen molar-refractivity contribution in [2.75, 3.05) is 11.9 Å². The molecular formula is C17H17Cl2NO3. The lowest BCUT2D eigenvalue weighted by Crippen LogP contribution is -2.35. The van der Waals surface area contributed by atoms with E-state index in [-0.39, 0.29) is 12.5 Å². The van der Waals surface area contributed by atoms with E-state index in [1.165, 1.54) is 6.08 Å². The summed E-state index contributed by atoms with van der Waals surface area (Å²) >= 11 is 11.9. The Hall–Kier alpha value is -1.78. The first-order valence-electron chi connectivity index (χ1n) is 7.21. The first-order chi connectivity index (χ1) is 11.0. The second kappa shape index (κ2) is 8.18. The first kappa shape index (κ1) is 17.6. The summed E-state index contributed by atoms with van der Waals surface area (Å²) in [4.78, 5) is 24.6. The molecule has 4 nitrogen and oxygen atoms in total. The van der Waals surface area contributed by atoms with Crippen molar-refractivity contribution in [3.8, 4) is 0 Å². The van der Waals surface area contributed by atoms with E-state index in [0.29, 0.717) is 28.6 Å². The maximum Gasteiger partial charge on any atom is 0.310 e. The number of hydrogen-bond donors (Lipinski definition) is 1. The molecule has 1 aliphatic rings. The first-order valence-corrected chi connectivity index (χ1v) is 7.97. The molecule has 1 aromatic carbocycles. The molecule has 1 amide bonds. The van der Waals surface area contributed by atoms with Crippen LogP contribution in [0, 0.1) is 11.8 Å². The van der Waals surface area contributed by atoms with E-state index < -0.39 is 17.8 Å². The fourth-order valence-electron chi connectivity index (χ4n) is 2.43. The number of ether oxygens (including phenoxy) is 1. The molecule has 0 heterocycles. The largest absolute Gasteiger partial charge is 0.461 e. The van der Waals surface area contributed by atoms with Gasteiger partial charge in [-0.1, -0.05) is 48.0 Å². The highest BCUT2D eigenvalue weighted by Gasteiger charge is 2.35. The molecule has 2 rings (SSSR count). The summed E-state index contributed by atoms with van der Waals surface area (Å²) in [5, 5.41) is 3.59. The number of nitrogens with one attached hydrogen (secondary N) is 1. The zero-order valence-electron chi connectivity index (χ0n) is 12.4. The summed E-state index contributed by atoms with van der Waals surface area (Å²) < 4.78 is 5.09. The predicted octanol–water partition coefficient (Wildman–Crippen LogP) is 4.24. The van der Waals surface area contributed by atoms with Crippen molar-refractivity contribution in [3.05, 3.63) is 53.1 Å². The van der Waals surface area contributed by atoms with Crippen molar-refractivity contribution in [3.63, 3.8) is 0 Å². The summed E-state index contributed by atoms with van der Waals surface area (Å²) in [6.07, 6.45) is 6.23. The van der Waals surface area contributed by atoms with Crippen LogP contribution in [0.2, 0.25) is 10.0 Å². The van der Waals surface area contributed by atoms with Crippen LogP contribution in [-0.4, -0.2) is 18.5 Å². The molecule has 0 radical (unpaired) electrons. The van der Waals surface area contributed by atoms with E-state index in [4.69, 9.17) is 27.9 Å². The number of benzene rings is 1. The molecule has 0 saturated carbocycles. The van der Waals surface area contributed by atoms with Gasteiger partial charge in [0.2, 0.25) is 5.91 Å². The Morgan fingerprint density at radius 1 is 1.26 bits per heavy atom. The molecule has 1 N–H and O–H groups in total. The Labute approximate surface area is 145 Å². The highest BCUT2D eigenvalue weighted by Crippen LogP contribution is 2.30. The van der Waals surface area contributed by atoms with Gasteiger partial charge in [0, 0.05) is 5.02 Å². The standard InChI is InChI=1S/C17H17Cl2NO3/c1-2-9-23-17(22)13-6-4-3-5-12(13)16(21)20-15-8-7-11(18)10-14(15)19/h2-4,7-8,10,12-13H,1,5-6,9H2,(H,20,21). The van der Waals surface area contributed by atoms with E-state index in [2.05, 4.69) is 11.9 Å². The van der Waals surface area contributed by atoms with Gasteiger partial charge >= 0.3 is 5.97 Å². The lowest BCUT2D eigenvalue weighted by molar-refractivity contribution is -0.151. The second-order valence-electron chi connectivity index (χ2n) is 5.19. The predicted molar refractivity (Wildman–Crippen MR) is 91.6 cm³/mol. The van der Waals surface area contributed by atoms with Crippen LogP contribution < -0.4 is 5.32 Å². The van der Waals surface area contributed by atoms with Gasteiger partial charge in [0.15, 0.2) is 0 Å². The SMILES string of the molecule is C=CCOC(=O)C1CC=CCC1C(=O)Nc1ccc(Cl)cc1Cl. The lowest BCUT2D eigenvalue weighted by atomic mass is 9.82. The number of esters is 1. The number of hydrogen-bond acceptors (Lipinski definition) is 3. The Kier molecular flexibility index (Phi) is 6.25. The van der Waals surface area contributed by atoms with Crippen molar-refractivity contribution in [1.29, 1.82) is 0 Å². The van der Waals surface area contributed by atoms with E-state index in [1.54, 1.807) is 18.2 Å². The van der Waals surface area contributed by atoms with Crippen LogP contribution in [0.15, 0.2) is 43.0 Å². The summed E-state index contributed by atoms with van der Waals surface area (Å²) in [5.41, 5.74) is 0.467. The number of rotatable bonds is 5. The van der Waals surface area contributed by atoms with Crippen LogP contribution in [0.4, 0.5) is 5.69 Å². The molecule has 122 valence electrons. The van der Waals surface area contributed by atoms with Crippen molar-refractivity contribution >= 4 is 40.8 Å². The molecule has 2 atom stereocenters. The molecule has 2 unspecified atom stereocenters. The summed E-state index contributed by atoms with van der Waals surface area (Å²) in [6.45, 7) is 3.64. The number of anilines is 1. The zero-order valence-corrected chi connectivity index (χ0v) is 13.9. The van der Waals surface area contributed by atoms with Crippen molar-refractivity contribution < 1.29 is 14.3 Å². The van der Waals surface area contributed by atoms with Crippen molar-refractivity contribution in [2.24, 2.45) is 11.8 Å². The Morgan fingerprint density at radius 3 is 2.61 bits per heavy atom. The fraction of sp³-hybridized carbons (Fsp3) is 0.294. The minimum atomic E-state index is -0.508. The molecule has 0 aliphatic heterocycles. The van der Waals surface area contributed by atoms with Gasteiger partial charge in [-0.25, -0.2) is 0 Å². The van der Waals surface area contributed by atoms with E-state index in [0.717, 1.165) is 0 Å². The highest BCUT2D eigenvalue weighted by molar-refractivity contribution is 6.36. The van der Waals surface area contributed by atoms with Gasteiger partial charge in [-0.05, 0) is 31.0 Å². The van der Waals surface area contributed by atoms with Crippen LogP contribution in [0.1, 0.15) is 12.8 Å². The maximum atomic E-state index is 12.5. The number of amides is 1. The van der Waals surface area contributed by atoms with Crippen LogP contribution in [0.25, 0.3) is 0 Å². The number of allylic oxidation sites excluding steroid dienone is 2. The molecule has 1 aromatic rings. The third-order valence-electron chi connectivity index (χ3n) is 3.60. The average molecular weight is 354 g/mol. The number of halogens is 2. The molecule has 0 spiro atoms. The Morgan fingerprint density at radius 2 is 1.96 bits per heavy atom. The number of carbonyl (C=O) groups excluding carboxylic acids is 2. The van der Waals surface area contributed by atoms with E-state index in [1.807, 2.05) is 12.2 Å². The van der Waals surface area contributed by atoms with Gasteiger partial charge in [0.25, 0.3) is 0 Å². The summed E-state index contributed by atoms with van der Waals surface area (Å²) in [7, 11) is 0. The minimum Gasteiger partial charge on any atom is -0.461 e.